The van der Waals surface area contributed by atoms with Crippen LogP contribution in [0.1, 0.15) is 5.56 Å². The van der Waals surface area contributed by atoms with Gasteiger partial charge in [-0.15, -0.1) is 0 Å². The second-order valence-corrected chi connectivity index (χ2v) is 6.02. The Labute approximate surface area is 137 Å². The van der Waals surface area contributed by atoms with Crippen molar-refractivity contribution < 1.29 is 4.79 Å². The monoisotopic (exact) mass is 355 g/mol. The third-order valence-electron chi connectivity index (χ3n) is 3.72. The van der Waals surface area contributed by atoms with Crippen LogP contribution in [0.2, 0.25) is 0 Å². The third kappa shape index (κ3) is 2.97. The molecule has 0 saturated carbocycles. The van der Waals surface area contributed by atoms with Crippen LogP contribution >= 0.6 is 15.9 Å². The van der Waals surface area contributed by atoms with E-state index in [1.54, 1.807) is 17.0 Å². The predicted octanol–water partition coefficient (Wildman–Crippen LogP) is 3.17. The number of hydrogen-bond donors (Lipinski definition) is 0. The number of carbonyl (C=O) groups is 1. The van der Waals surface area contributed by atoms with Crippen molar-refractivity contribution in [3.63, 3.8) is 0 Å². The second-order valence-electron chi connectivity index (χ2n) is 5.10. The molecule has 2 aromatic rings. The van der Waals surface area contributed by atoms with Gasteiger partial charge in [-0.1, -0.05) is 15.9 Å². The average Bonchev–Trinajstić information content (AvgIpc) is 2.56. The van der Waals surface area contributed by atoms with Crippen LogP contribution < -0.4 is 9.80 Å². The molecule has 1 amide bonds. The number of halogens is 1. The highest BCUT2D eigenvalue weighted by Crippen LogP contribution is 2.23. The topological polar surface area (TPSA) is 47.3 Å². The summed E-state index contributed by atoms with van der Waals surface area (Å²) in [6.45, 7) is 1.79. The summed E-state index contributed by atoms with van der Waals surface area (Å²) in [5.74, 6) is 0.0684. The van der Waals surface area contributed by atoms with Gasteiger partial charge in [-0.25, -0.2) is 0 Å². The van der Waals surface area contributed by atoms with E-state index < -0.39 is 0 Å². The van der Waals surface area contributed by atoms with Crippen LogP contribution in [0.25, 0.3) is 0 Å². The Morgan fingerprint density at radius 1 is 0.955 bits per heavy atom. The summed E-state index contributed by atoms with van der Waals surface area (Å²) in [6.07, 6.45) is 0. The average molecular weight is 356 g/mol. The molecule has 0 aromatic heterocycles. The molecule has 1 aliphatic heterocycles. The number of hydrogen-bond acceptors (Lipinski definition) is 3. The Bertz CT molecular complexity index is 719. The molecule has 110 valence electrons. The van der Waals surface area contributed by atoms with Crippen LogP contribution in [0.3, 0.4) is 0 Å². The van der Waals surface area contributed by atoms with Gasteiger partial charge in [0.05, 0.1) is 18.2 Å². The van der Waals surface area contributed by atoms with Crippen molar-refractivity contribution in [2.45, 2.75) is 0 Å². The SMILES string of the molecule is N#Cc1ccc(N2CCN(c3ccc(Br)cc3)CC2=O)cc1. The molecule has 1 aliphatic rings. The van der Waals surface area contributed by atoms with E-state index in [1.807, 2.05) is 36.4 Å². The van der Waals surface area contributed by atoms with Crippen LogP contribution in [-0.4, -0.2) is 25.5 Å². The lowest BCUT2D eigenvalue weighted by Crippen LogP contribution is -2.50. The molecular weight excluding hydrogens is 342 g/mol. The third-order valence-corrected chi connectivity index (χ3v) is 4.25. The number of carbonyl (C=O) groups excluding carboxylic acids is 1. The first kappa shape index (κ1) is 14.6. The van der Waals surface area contributed by atoms with Gasteiger partial charge in [-0.3, -0.25) is 4.79 Å². The van der Waals surface area contributed by atoms with Gasteiger partial charge in [0.25, 0.3) is 0 Å². The fourth-order valence-electron chi connectivity index (χ4n) is 2.53. The van der Waals surface area contributed by atoms with Crippen molar-refractivity contribution in [3.05, 3.63) is 58.6 Å². The molecule has 1 heterocycles. The number of anilines is 2. The molecule has 0 radical (unpaired) electrons. The summed E-state index contributed by atoms with van der Waals surface area (Å²) < 4.78 is 1.03. The van der Waals surface area contributed by atoms with Crippen molar-refractivity contribution in [3.8, 4) is 6.07 Å². The van der Waals surface area contributed by atoms with Crippen LogP contribution in [-0.2, 0) is 4.79 Å². The molecule has 0 unspecified atom stereocenters. The van der Waals surface area contributed by atoms with Crippen LogP contribution in [0.15, 0.2) is 53.0 Å². The van der Waals surface area contributed by atoms with E-state index in [2.05, 4.69) is 26.9 Å². The highest BCUT2D eigenvalue weighted by atomic mass is 79.9. The summed E-state index contributed by atoms with van der Waals surface area (Å²) in [5.41, 5.74) is 2.50. The predicted molar refractivity (Wildman–Crippen MR) is 89.9 cm³/mol. The van der Waals surface area contributed by atoms with Gasteiger partial charge in [0.15, 0.2) is 0 Å². The first-order chi connectivity index (χ1) is 10.7. The fourth-order valence-corrected chi connectivity index (χ4v) is 2.80. The van der Waals surface area contributed by atoms with Crippen LogP contribution in [0.5, 0.6) is 0 Å². The van der Waals surface area contributed by atoms with Crippen molar-refractivity contribution in [1.29, 1.82) is 5.26 Å². The fraction of sp³-hybridized carbons (Fsp3) is 0.176. The Morgan fingerprint density at radius 2 is 1.59 bits per heavy atom. The van der Waals surface area contributed by atoms with Crippen molar-refractivity contribution in [1.82, 2.24) is 0 Å². The maximum atomic E-state index is 12.4. The lowest BCUT2D eigenvalue weighted by atomic mass is 10.2. The highest BCUT2D eigenvalue weighted by Gasteiger charge is 2.25. The Hall–Kier alpha value is -2.32. The lowest BCUT2D eigenvalue weighted by Gasteiger charge is -2.35. The number of piperazine rings is 1. The number of amides is 1. The quantitative estimate of drug-likeness (QED) is 0.831. The van der Waals surface area contributed by atoms with E-state index in [4.69, 9.17) is 5.26 Å². The molecule has 1 fully saturated rings. The Kier molecular flexibility index (Phi) is 4.12. The molecule has 4 nitrogen and oxygen atoms in total. The summed E-state index contributed by atoms with van der Waals surface area (Å²) in [6, 6.07) is 17.2. The molecule has 0 spiro atoms. The van der Waals surface area contributed by atoms with Crippen LogP contribution in [0, 0.1) is 11.3 Å². The molecule has 1 saturated heterocycles. The summed E-state index contributed by atoms with van der Waals surface area (Å²) in [4.78, 5) is 16.3. The van der Waals surface area contributed by atoms with Crippen molar-refractivity contribution in [2.24, 2.45) is 0 Å². The molecule has 2 aromatic carbocycles. The van der Waals surface area contributed by atoms with Gasteiger partial charge in [0, 0.05) is 28.9 Å². The van der Waals surface area contributed by atoms with Gasteiger partial charge in [-0.2, -0.15) is 5.26 Å². The number of nitrogens with zero attached hydrogens (tertiary/aromatic N) is 3. The summed E-state index contributed by atoms with van der Waals surface area (Å²) in [5, 5.41) is 8.83. The molecule has 0 N–H and O–H groups in total. The van der Waals surface area contributed by atoms with Gasteiger partial charge >= 0.3 is 0 Å². The van der Waals surface area contributed by atoms with Crippen molar-refractivity contribution in [2.75, 3.05) is 29.4 Å². The molecule has 0 aliphatic carbocycles. The number of benzene rings is 2. The van der Waals surface area contributed by atoms with E-state index in [0.29, 0.717) is 18.7 Å². The zero-order chi connectivity index (χ0) is 15.5. The van der Waals surface area contributed by atoms with Crippen molar-refractivity contribution >= 4 is 33.2 Å². The molecular formula is C17H14BrN3O. The zero-order valence-corrected chi connectivity index (χ0v) is 13.5. The molecule has 0 bridgehead atoms. The molecule has 3 rings (SSSR count). The largest absolute Gasteiger partial charge is 0.360 e. The summed E-state index contributed by atoms with van der Waals surface area (Å²) >= 11 is 3.42. The van der Waals surface area contributed by atoms with E-state index in [9.17, 15) is 4.79 Å². The smallest absolute Gasteiger partial charge is 0.246 e. The second kappa shape index (κ2) is 6.20. The van der Waals surface area contributed by atoms with Crippen LogP contribution in [0.4, 0.5) is 11.4 Å². The minimum Gasteiger partial charge on any atom is -0.360 e. The zero-order valence-electron chi connectivity index (χ0n) is 11.9. The maximum absolute atomic E-state index is 12.4. The van der Waals surface area contributed by atoms with E-state index in [0.717, 1.165) is 22.4 Å². The Morgan fingerprint density at radius 3 is 2.18 bits per heavy atom. The number of nitriles is 1. The standard InChI is InChI=1S/C17H14BrN3O/c18-14-3-7-15(8-4-14)20-9-10-21(17(22)12-20)16-5-1-13(11-19)2-6-16/h1-8H,9-10,12H2. The van der Waals surface area contributed by atoms with E-state index >= 15 is 0 Å². The minimum absolute atomic E-state index is 0.0684. The highest BCUT2D eigenvalue weighted by molar-refractivity contribution is 9.10. The molecule has 0 atom stereocenters. The first-order valence-corrected chi connectivity index (χ1v) is 7.78. The van der Waals surface area contributed by atoms with E-state index in [1.165, 1.54) is 0 Å². The van der Waals surface area contributed by atoms with E-state index in [-0.39, 0.29) is 5.91 Å². The lowest BCUT2D eigenvalue weighted by molar-refractivity contribution is -0.117. The van der Waals surface area contributed by atoms with Gasteiger partial charge in [0.1, 0.15) is 0 Å². The minimum atomic E-state index is 0.0684. The Balaban J connectivity index is 1.73. The van der Waals surface area contributed by atoms with Gasteiger partial charge < -0.3 is 9.80 Å². The molecule has 22 heavy (non-hydrogen) atoms. The van der Waals surface area contributed by atoms with Gasteiger partial charge in [-0.05, 0) is 48.5 Å². The van der Waals surface area contributed by atoms with Gasteiger partial charge in [0.2, 0.25) is 5.91 Å². The maximum Gasteiger partial charge on any atom is 0.246 e. The normalized spacial score (nSPS) is 14.8. The summed E-state index contributed by atoms with van der Waals surface area (Å²) in [7, 11) is 0. The number of rotatable bonds is 2. The molecule has 5 heteroatoms. The first-order valence-electron chi connectivity index (χ1n) is 6.98.